The fourth-order valence-electron chi connectivity index (χ4n) is 2.93. The quantitative estimate of drug-likeness (QED) is 0.872. The number of rotatable bonds is 3. The van der Waals surface area contributed by atoms with E-state index >= 15 is 0 Å². The summed E-state index contributed by atoms with van der Waals surface area (Å²) in [6.45, 7) is 0. The fraction of sp³-hybridized carbons (Fsp3) is 0.375. The molecule has 19 heavy (non-hydrogen) atoms. The van der Waals surface area contributed by atoms with Crippen LogP contribution in [0.2, 0.25) is 0 Å². The van der Waals surface area contributed by atoms with Crippen molar-refractivity contribution in [3.05, 3.63) is 56.2 Å². The molecular weight excluding hydrogens is 320 g/mol. The van der Waals surface area contributed by atoms with Crippen molar-refractivity contribution in [3.63, 3.8) is 0 Å². The van der Waals surface area contributed by atoms with Gasteiger partial charge in [-0.2, -0.15) is 0 Å². The molecule has 0 saturated carbocycles. The minimum Gasteiger partial charge on any atom is -0.392 e. The van der Waals surface area contributed by atoms with Gasteiger partial charge in [-0.15, -0.1) is 11.3 Å². The first-order valence-corrected chi connectivity index (χ1v) is 8.40. The monoisotopic (exact) mass is 336 g/mol. The van der Waals surface area contributed by atoms with E-state index in [0.29, 0.717) is 5.92 Å². The van der Waals surface area contributed by atoms with Crippen LogP contribution in [0.15, 0.2) is 40.2 Å². The standard InChI is InChI=1S/C16H17BrOS/c17-12-6-4-11(5-7-12)10-15(18)13-2-1-3-16-14(13)8-9-19-16/h4-9,13,15,18H,1-3,10H2. The second kappa shape index (κ2) is 5.78. The molecule has 0 saturated heterocycles. The zero-order chi connectivity index (χ0) is 13.2. The molecule has 0 aliphatic heterocycles. The zero-order valence-electron chi connectivity index (χ0n) is 10.7. The van der Waals surface area contributed by atoms with E-state index in [9.17, 15) is 5.11 Å². The highest BCUT2D eigenvalue weighted by Gasteiger charge is 2.27. The van der Waals surface area contributed by atoms with E-state index < -0.39 is 0 Å². The number of hydrogen-bond donors (Lipinski definition) is 1. The van der Waals surface area contributed by atoms with Crippen molar-refractivity contribution in [3.8, 4) is 0 Å². The molecule has 0 amide bonds. The molecular formula is C16H17BrOS. The van der Waals surface area contributed by atoms with E-state index in [1.807, 2.05) is 23.5 Å². The van der Waals surface area contributed by atoms with Crippen LogP contribution in [0.1, 0.15) is 34.8 Å². The minimum atomic E-state index is -0.269. The van der Waals surface area contributed by atoms with E-state index in [0.717, 1.165) is 17.3 Å². The summed E-state index contributed by atoms with van der Waals surface area (Å²) in [5.41, 5.74) is 2.60. The average molecular weight is 337 g/mol. The lowest BCUT2D eigenvalue weighted by Gasteiger charge is -2.27. The van der Waals surface area contributed by atoms with Crippen LogP contribution in [0.4, 0.5) is 0 Å². The normalized spacial score (nSPS) is 20.0. The van der Waals surface area contributed by atoms with E-state index in [4.69, 9.17) is 0 Å². The van der Waals surface area contributed by atoms with E-state index in [-0.39, 0.29) is 6.10 Å². The Kier molecular flexibility index (Phi) is 4.06. The van der Waals surface area contributed by atoms with Crippen molar-refractivity contribution < 1.29 is 5.11 Å². The zero-order valence-corrected chi connectivity index (χ0v) is 13.1. The summed E-state index contributed by atoms with van der Waals surface area (Å²) in [6, 6.07) is 10.5. The predicted molar refractivity (Wildman–Crippen MR) is 83.9 cm³/mol. The number of aliphatic hydroxyl groups is 1. The second-order valence-corrected chi connectivity index (χ2v) is 7.11. The third-order valence-corrected chi connectivity index (χ3v) is 5.45. The number of hydrogen-bond acceptors (Lipinski definition) is 2. The second-order valence-electron chi connectivity index (χ2n) is 5.20. The number of aliphatic hydroxyl groups excluding tert-OH is 1. The molecule has 2 aromatic rings. The van der Waals surface area contributed by atoms with Crippen LogP contribution < -0.4 is 0 Å². The summed E-state index contributed by atoms with van der Waals surface area (Å²) >= 11 is 5.28. The maximum Gasteiger partial charge on any atom is 0.0649 e. The third kappa shape index (κ3) is 2.93. The first-order chi connectivity index (χ1) is 9.24. The van der Waals surface area contributed by atoms with Crippen molar-refractivity contribution >= 4 is 27.3 Å². The Morgan fingerprint density at radius 1 is 1.26 bits per heavy atom. The fourth-order valence-corrected chi connectivity index (χ4v) is 4.19. The van der Waals surface area contributed by atoms with Crippen molar-refractivity contribution in [1.29, 1.82) is 0 Å². The third-order valence-electron chi connectivity index (χ3n) is 3.92. The Balaban J connectivity index is 1.75. The number of thiophene rings is 1. The summed E-state index contributed by atoms with van der Waals surface area (Å²) in [5.74, 6) is 0.318. The summed E-state index contributed by atoms with van der Waals surface area (Å²) in [7, 11) is 0. The topological polar surface area (TPSA) is 20.2 Å². The molecule has 1 nitrogen and oxygen atoms in total. The lowest BCUT2D eigenvalue weighted by atomic mass is 9.82. The minimum absolute atomic E-state index is 0.269. The van der Waals surface area contributed by atoms with Gasteiger partial charge in [0.2, 0.25) is 0 Å². The van der Waals surface area contributed by atoms with Gasteiger partial charge in [0.05, 0.1) is 6.10 Å². The van der Waals surface area contributed by atoms with Crippen LogP contribution in [0, 0.1) is 0 Å². The summed E-state index contributed by atoms with van der Waals surface area (Å²) in [6.07, 6.45) is 3.98. The van der Waals surface area contributed by atoms with Crippen LogP contribution in [-0.4, -0.2) is 11.2 Å². The van der Waals surface area contributed by atoms with Gasteiger partial charge in [-0.05, 0) is 60.4 Å². The number of halogens is 1. The van der Waals surface area contributed by atoms with Gasteiger partial charge in [0.15, 0.2) is 0 Å². The van der Waals surface area contributed by atoms with Gasteiger partial charge in [0.1, 0.15) is 0 Å². The molecule has 1 aromatic heterocycles. The van der Waals surface area contributed by atoms with Gasteiger partial charge in [0, 0.05) is 15.3 Å². The first-order valence-electron chi connectivity index (χ1n) is 6.73. The number of aryl methyl sites for hydroxylation is 1. The molecule has 0 radical (unpaired) electrons. The van der Waals surface area contributed by atoms with Crippen molar-refractivity contribution in [1.82, 2.24) is 0 Å². The van der Waals surface area contributed by atoms with Crippen molar-refractivity contribution in [2.45, 2.75) is 37.7 Å². The Morgan fingerprint density at radius 2 is 2.05 bits per heavy atom. The molecule has 2 atom stereocenters. The number of benzene rings is 1. The highest BCUT2D eigenvalue weighted by molar-refractivity contribution is 9.10. The summed E-state index contributed by atoms with van der Waals surface area (Å²) in [4.78, 5) is 1.48. The highest BCUT2D eigenvalue weighted by atomic mass is 79.9. The predicted octanol–water partition coefficient (Wildman–Crippen LogP) is 4.53. The van der Waals surface area contributed by atoms with Crippen LogP contribution in [0.3, 0.4) is 0 Å². The largest absolute Gasteiger partial charge is 0.392 e. The molecule has 0 fully saturated rings. The average Bonchev–Trinajstić information content (AvgIpc) is 2.89. The van der Waals surface area contributed by atoms with Crippen LogP contribution in [-0.2, 0) is 12.8 Å². The van der Waals surface area contributed by atoms with Gasteiger partial charge in [0.25, 0.3) is 0 Å². The maximum atomic E-state index is 10.6. The Labute approximate surface area is 126 Å². The lowest BCUT2D eigenvalue weighted by Crippen LogP contribution is -2.24. The Hall–Kier alpha value is -0.640. The molecule has 2 unspecified atom stereocenters. The molecule has 1 N–H and O–H groups in total. The van der Waals surface area contributed by atoms with Gasteiger partial charge in [-0.25, -0.2) is 0 Å². The Bertz CT molecular complexity index is 546. The molecule has 1 aliphatic rings. The summed E-state index contributed by atoms with van der Waals surface area (Å²) in [5, 5.41) is 12.7. The molecule has 0 bridgehead atoms. The molecule has 0 spiro atoms. The van der Waals surface area contributed by atoms with Gasteiger partial charge >= 0.3 is 0 Å². The molecule has 3 rings (SSSR count). The van der Waals surface area contributed by atoms with Crippen LogP contribution >= 0.6 is 27.3 Å². The SMILES string of the molecule is OC(Cc1ccc(Br)cc1)C1CCCc2sccc21. The van der Waals surface area contributed by atoms with Crippen LogP contribution in [0.5, 0.6) is 0 Å². The molecule has 100 valence electrons. The van der Waals surface area contributed by atoms with Gasteiger partial charge in [-0.3, -0.25) is 0 Å². The van der Waals surface area contributed by atoms with Crippen LogP contribution in [0.25, 0.3) is 0 Å². The smallest absolute Gasteiger partial charge is 0.0649 e. The highest BCUT2D eigenvalue weighted by Crippen LogP contribution is 2.37. The maximum absolute atomic E-state index is 10.6. The summed E-state index contributed by atoms with van der Waals surface area (Å²) < 4.78 is 1.09. The van der Waals surface area contributed by atoms with Gasteiger partial charge < -0.3 is 5.11 Å². The van der Waals surface area contributed by atoms with Gasteiger partial charge in [-0.1, -0.05) is 28.1 Å². The Morgan fingerprint density at radius 3 is 2.84 bits per heavy atom. The molecule has 3 heteroatoms. The van der Waals surface area contributed by atoms with Crippen molar-refractivity contribution in [2.24, 2.45) is 0 Å². The van der Waals surface area contributed by atoms with E-state index in [1.54, 1.807) is 0 Å². The lowest BCUT2D eigenvalue weighted by molar-refractivity contribution is 0.135. The molecule has 1 heterocycles. The van der Waals surface area contributed by atoms with Crippen molar-refractivity contribution in [2.75, 3.05) is 0 Å². The molecule has 1 aromatic carbocycles. The molecule has 1 aliphatic carbocycles. The van der Waals surface area contributed by atoms with E-state index in [1.165, 1.54) is 28.8 Å². The van der Waals surface area contributed by atoms with E-state index in [2.05, 4.69) is 39.5 Å². The number of fused-ring (bicyclic) bond motifs is 1. The first kappa shape index (κ1) is 13.3.